The van der Waals surface area contributed by atoms with Crippen LogP contribution in [0.1, 0.15) is 19.4 Å². The lowest BCUT2D eigenvalue weighted by atomic mass is 10.1. The molecule has 0 aliphatic rings. The Morgan fingerprint density at radius 3 is 2.56 bits per heavy atom. The molecule has 3 nitrogen and oxygen atoms in total. The van der Waals surface area contributed by atoms with Crippen molar-refractivity contribution >= 4 is 15.9 Å². The number of hydrogen-bond donors (Lipinski definition) is 1. The Bertz CT molecular complexity index is 350. The van der Waals surface area contributed by atoms with E-state index in [9.17, 15) is 0 Å². The number of ether oxygens (including phenoxy) is 2. The van der Waals surface area contributed by atoms with E-state index in [4.69, 9.17) is 14.6 Å². The predicted octanol–water partition coefficient (Wildman–Crippen LogP) is 2.78. The number of hydrogen-bond acceptors (Lipinski definition) is 3. The summed E-state index contributed by atoms with van der Waals surface area (Å²) in [5.41, 5.74) is 0.947. The van der Waals surface area contributed by atoms with Crippen LogP contribution in [-0.2, 0) is 6.42 Å². The van der Waals surface area contributed by atoms with E-state index in [0.29, 0.717) is 12.2 Å². The lowest BCUT2D eigenvalue weighted by molar-refractivity contribution is 0.224. The van der Waals surface area contributed by atoms with Crippen LogP contribution in [-0.4, -0.2) is 24.9 Å². The average molecular weight is 289 g/mol. The van der Waals surface area contributed by atoms with Crippen LogP contribution in [0.2, 0.25) is 0 Å². The van der Waals surface area contributed by atoms with Crippen LogP contribution in [0.5, 0.6) is 11.5 Å². The highest BCUT2D eigenvalue weighted by atomic mass is 79.9. The van der Waals surface area contributed by atoms with E-state index in [1.807, 2.05) is 26.0 Å². The molecule has 1 aromatic carbocycles. The van der Waals surface area contributed by atoms with Crippen LogP contribution in [0.3, 0.4) is 0 Å². The third-order valence-electron chi connectivity index (χ3n) is 2.05. The summed E-state index contributed by atoms with van der Waals surface area (Å²) in [7, 11) is 1.61. The fourth-order valence-electron chi connectivity index (χ4n) is 1.45. The molecule has 1 aromatic rings. The molecule has 0 fully saturated rings. The van der Waals surface area contributed by atoms with Gasteiger partial charge in [0.05, 0.1) is 13.2 Å². The van der Waals surface area contributed by atoms with Crippen LogP contribution in [0.4, 0.5) is 0 Å². The maximum absolute atomic E-state index is 9.02. The molecular formula is C12H17BrO3. The highest BCUT2D eigenvalue weighted by molar-refractivity contribution is 9.10. The van der Waals surface area contributed by atoms with Crippen LogP contribution >= 0.6 is 15.9 Å². The number of rotatable bonds is 5. The minimum absolute atomic E-state index is 0.0764. The van der Waals surface area contributed by atoms with Crippen molar-refractivity contribution in [3.05, 3.63) is 22.2 Å². The highest BCUT2D eigenvalue weighted by Gasteiger charge is 2.13. The summed E-state index contributed by atoms with van der Waals surface area (Å²) in [5, 5.41) is 9.02. The van der Waals surface area contributed by atoms with Crippen LogP contribution < -0.4 is 9.47 Å². The van der Waals surface area contributed by atoms with E-state index in [1.54, 1.807) is 7.11 Å². The van der Waals surface area contributed by atoms with Gasteiger partial charge < -0.3 is 14.6 Å². The second-order valence-corrected chi connectivity index (χ2v) is 4.65. The van der Waals surface area contributed by atoms with Gasteiger partial charge in [0.2, 0.25) is 0 Å². The summed E-state index contributed by atoms with van der Waals surface area (Å²) < 4.78 is 11.9. The quantitative estimate of drug-likeness (QED) is 0.906. The molecule has 16 heavy (non-hydrogen) atoms. The number of aliphatic hydroxyl groups is 1. The van der Waals surface area contributed by atoms with E-state index in [1.165, 1.54) is 0 Å². The standard InChI is InChI=1S/C12H17BrO3/c1-8(2)16-12-9(4-5-14)6-10(13)7-11(12)15-3/h6-8,14H,4-5H2,1-3H3. The van der Waals surface area contributed by atoms with E-state index in [0.717, 1.165) is 15.8 Å². The van der Waals surface area contributed by atoms with Gasteiger partial charge in [0.25, 0.3) is 0 Å². The van der Waals surface area contributed by atoms with Crippen LogP contribution in [0.15, 0.2) is 16.6 Å². The molecule has 0 unspecified atom stereocenters. The van der Waals surface area contributed by atoms with Gasteiger partial charge in [0.1, 0.15) is 0 Å². The Balaban J connectivity index is 3.15. The minimum Gasteiger partial charge on any atom is -0.493 e. The summed E-state index contributed by atoms with van der Waals surface area (Å²) in [5.74, 6) is 1.40. The van der Waals surface area contributed by atoms with E-state index < -0.39 is 0 Å². The maximum atomic E-state index is 9.02. The van der Waals surface area contributed by atoms with Gasteiger partial charge in [0.15, 0.2) is 11.5 Å². The fraction of sp³-hybridized carbons (Fsp3) is 0.500. The van der Waals surface area contributed by atoms with E-state index in [-0.39, 0.29) is 12.7 Å². The molecule has 1 N–H and O–H groups in total. The van der Waals surface area contributed by atoms with Gasteiger partial charge in [-0.05, 0) is 32.4 Å². The topological polar surface area (TPSA) is 38.7 Å². The Hall–Kier alpha value is -0.740. The van der Waals surface area contributed by atoms with Crippen molar-refractivity contribution in [3.63, 3.8) is 0 Å². The third-order valence-corrected chi connectivity index (χ3v) is 2.51. The van der Waals surface area contributed by atoms with E-state index in [2.05, 4.69) is 15.9 Å². The zero-order valence-corrected chi connectivity index (χ0v) is 11.4. The summed E-state index contributed by atoms with van der Waals surface area (Å²) in [6, 6.07) is 3.80. The second kappa shape index (κ2) is 6.11. The van der Waals surface area contributed by atoms with E-state index >= 15 is 0 Å². The van der Waals surface area contributed by atoms with Gasteiger partial charge in [-0.2, -0.15) is 0 Å². The summed E-state index contributed by atoms with van der Waals surface area (Å²) in [6.45, 7) is 4.02. The first-order valence-corrected chi connectivity index (χ1v) is 6.01. The predicted molar refractivity (Wildman–Crippen MR) is 67.2 cm³/mol. The lowest BCUT2D eigenvalue weighted by Crippen LogP contribution is -2.09. The molecule has 0 bridgehead atoms. The van der Waals surface area contributed by atoms with Crippen molar-refractivity contribution in [1.82, 2.24) is 0 Å². The molecule has 1 rings (SSSR count). The van der Waals surface area contributed by atoms with Crippen molar-refractivity contribution in [2.45, 2.75) is 26.4 Å². The van der Waals surface area contributed by atoms with Crippen LogP contribution in [0.25, 0.3) is 0 Å². The van der Waals surface area contributed by atoms with Gasteiger partial charge in [-0.25, -0.2) is 0 Å². The molecule has 0 aromatic heterocycles. The lowest BCUT2D eigenvalue weighted by Gasteiger charge is -2.17. The Morgan fingerprint density at radius 1 is 1.38 bits per heavy atom. The molecule has 4 heteroatoms. The fourth-order valence-corrected chi connectivity index (χ4v) is 1.93. The molecular weight excluding hydrogens is 272 g/mol. The first kappa shape index (κ1) is 13.3. The highest BCUT2D eigenvalue weighted by Crippen LogP contribution is 2.35. The Morgan fingerprint density at radius 2 is 2.06 bits per heavy atom. The smallest absolute Gasteiger partial charge is 0.164 e. The van der Waals surface area contributed by atoms with Gasteiger partial charge in [-0.1, -0.05) is 15.9 Å². The molecule has 0 heterocycles. The normalized spacial score (nSPS) is 10.6. The molecule has 0 aliphatic heterocycles. The zero-order valence-electron chi connectivity index (χ0n) is 9.79. The number of benzene rings is 1. The molecule has 0 atom stereocenters. The first-order valence-electron chi connectivity index (χ1n) is 5.22. The zero-order chi connectivity index (χ0) is 12.1. The molecule has 0 radical (unpaired) electrons. The summed E-state index contributed by atoms with van der Waals surface area (Å²) in [6.07, 6.45) is 0.630. The average Bonchev–Trinajstić information content (AvgIpc) is 2.21. The SMILES string of the molecule is COc1cc(Br)cc(CCO)c1OC(C)C. The van der Waals surface area contributed by atoms with Crippen molar-refractivity contribution in [2.24, 2.45) is 0 Å². The molecule has 0 aliphatic carbocycles. The molecule has 0 spiro atoms. The monoisotopic (exact) mass is 288 g/mol. The van der Waals surface area contributed by atoms with Gasteiger partial charge in [-0.3, -0.25) is 0 Å². The van der Waals surface area contributed by atoms with Gasteiger partial charge in [-0.15, -0.1) is 0 Å². The number of aliphatic hydroxyl groups excluding tert-OH is 1. The molecule has 0 saturated heterocycles. The van der Waals surface area contributed by atoms with Crippen LogP contribution in [0, 0.1) is 0 Å². The van der Waals surface area contributed by atoms with Gasteiger partial charge >= 0.3 is 0 Å². The van der Waals surface area contributed by atoms with Crippen molar-refractivity contribution in [3.8, 4) is 11.5 Å². The molecule has 0 saturated carbocycles. The summed E-state index contributed by atoms with van der Waals surface area (Å²) in [4.78, 5) is 0. The van der Waals surface area contributed by atoms with Gasteiger partial charge in [0, 0.05) is 16.6 Å². The largest absolute Gasteiger partial charge is 0.493 e. The Labute approximate surface area is 105 Å². The van der Waals surface area contributed by atoms with Crippen molar-refractivity contribution in [2.75, 3.05) is 13.7 Å². The molecule has 0 amide bonds. The molecule has 90 valence electrons. The minimum atomic E-state index is 0.0764. The Kier molecular flexibility index (Phi) is 5.09. The third kappa shape index (κ3) is 3.39. The second-order valence-electron chi connectivity index (χ2n) is 3.74. The van der Waals surface area contributed by atoms with Crippen molar-refractivity contribution in [1.29, 1.82) is 0 Å². The first-order chi connectivity index (χ1) is 7.58. The maximum Gasteiger partial charge on any atom is 0.164 e. The number of halogens is 1. The van der Waals surface area contributed by atoms with Crippen molar-refractivity contribution < 1.29 is 14.6 Å². The summed E-state index contributed by atoms with van der Waals surface area (Å²) >= 11 is 3.41. The number of methoxy groups -OCH3 is 1.